The average Bonchev–Trinajstić information content (AvgIpc) is 2.96. The van der Waals surface area contributed by atoms with Crippen LogP contribution in [-0.4, -0.2) is 66.7 Å². The molecule has 1 aliphatic heterocycles. The van der Waals surface area contributed by atoms with E-state index in [9.17, 15) is 13.2 Å². The highest BCUT2D eigenvalue weighted by Gasteiger charge is 2.61. The first-order valence-corrected chi connectivity index (χ1v) is 11.7. The zero-order valence-corrected chi connectivity index (χ0v) is 19.7. The first-order chi connectivity index (χ1) is 14.8. The average molecular weight is 474 g/mol. The molecule has 1 heterocycles. The predicted octanol–water partition coefficient (Wildman–Crippen LogP) is 3.38. The first kappa shape index (κ1) is 25.8. The Morgan fingerprint density at radius 3 is 2.38 bits per heavy atom. The number of halogens is 2. The van der Waals surface area contributed by atoms with Crippen molar-refractivity contribution in [3.63, 3.8) is 0 Å². The van der Waals surface area contributed by atoms with Crippen molar-refractivity contribution in [1.82, 2.24) is 9.21 Å². The van der Waals surface area contributed by atoms with Crippen molar-refractivity contribution in [3.8, 4) is 11.8 Å². The summed E-state index contributed by atoms with van der Waals surface area (Å²) in [7, 11) is -2.62. The van der Waals surface area contributed by atoms with Crippen molar-refractivity contribution in [1.29, 1.82) is 5.26 Å². The standard InChI is InChI=1S/C21H29F2N3O5S/c1-6-32(28,29)26(13-15-7-9-16(30-5)10-8-15)18-14-25(19(27)31-20(2,3)4)17(11-12-24)21(18,22)23/h7-10,17-18H,6,11,13-14H2,1-5H3/t17-,18-/m1/s1. The number of methoxy groups -OCH3 is 1. The third-order valence-corrected chi connectivity index (χ3v) is 6.94. The lowest BCUT2D eigenvalue weighted by molar-refractivity contribution is -0.0667. The summed E-state index contributed by atoms with van der Waals surface area (Å²) in [5.41, 5.74) is -0.467. The van der Waals surface area contributed by atoms with Crippen LogP contribution in [0.2, 0.25) is 0 Å². The lowest BCUT2D eigenvalue weighted by atomic mass is 10.0. The van der Waals surface area contributed by atoms with E-state index in [0.717, 1.165) is 9.21 Å². The quantitative estimate of drug-likeness (QED) is 0.602. The molecule has 0 unspecified atom stereocenters. The Morgan fingerprint density at radius 2 is 1.91 bits per heavy atom. The number of rotatable bonds is 7. The summed E-state index contributed by atoms with van der Waals surface area (Å²) in [6.07, 6.45) is -1.68. The summed E-state index contributed by atoms with van der Waals surface area (Å²) in [6.45, 7) is 5.22. The Hall–Kier alpha value is -2.45. The molecule has 2 rings (SSSR count). The second kappa shape index (κ2) is 9.58. The summed E-state index contributed by atoms with van der Waals surface area (Å²) in [6, 6.07) is 4.40. The van der Waals surface area contributed by atoms with Gasteiger partial charge in [0.05, 0.1) is 25.4 Å². The van der Waals surface area contributed by atoms with Crippen molar-refractivity contribution < 1.29 is 31.5 Å². The van der Waals surface area contributed by atoms with Gasteiger partial charge >= 0.3 is 6.09 Å². The molecule has 0 bridgehead atoms. The minimum atomic E-state index is -4.09. The van der Waals surface area contributed by atoms with Crippen molar-refractivity contribution in [2.24, 2.45) is 0 Å². The summed E-state index contributed by atoms with van der Waals surface area (Å²) in [5, 5.41) is 9.10. The van der Waals surface area contributed by atoms with E-state index in [1.165, 1.54) is 14.0 Å². The normalized spacial score (nSPS) is 20.8. The number of hydrogen-bond acceptors (Lipinski definition) is 6. The van der Waals surface area contributed by atoms with E-state index in [4.69, 9.17) is 14.7 Å². The molecule has 2 atom stereocenters. The molecule has 0 radical (unpaired) electrons. The van der Waals surface area contributed by atoms with Crippen molar-refractivity contribution >= 4 is 16.1 Å². The first-order valence-electron chi connectivity index (χ1n) is 10.1. The molecule has 1 fully saturated rings. The summed E-state index contributed by atoms with van der Waals surface area (Å²) < 4.78 is 67.7. The topological polar surface area (TPSA) is 99.9 Å². The summed E-state index contributed by atoms with van der Waals surface area (Å²) in [5.74, 6) is -3.53. The van der Waals surface area contributed by atoms with E-state index in [0.29, 0.717) is 11.3 Å². The number of alkyl halides is 2. The van der Waals surface area contributed by atoms with E-state index in [1.807, 2.05) is 0 Å². The van der Waals surface area contributed by atoms with Gasteiger partial charge in [0.25, 0.3) is 5.92 Å². The number of nitriles is 1. The van der Waals surface area contributed by atoms with E-state index in [2.05, 4.69) is 0 Å². The van der Waals surface area contributed by atoms with Gasteiger partial charge in [-0.1, -0.05) is 12.1 Å². The molecule has 178 valence electrons. The Balaban J connectivity index is 2.46. The Bertz CT molecular complexity index is 955. The Kier molecular flexibility index (Phi) is 7.73. The number of carbonyl (C=O) groups excluding carboxylic acids is 1. The van der Waals surface area contributed by atoms with Gasteiger partial charge in [-0.2, -0.15) is 9.57 Å². The largest absolute Gasteiger partial charge is 0.497 e. The fraction of sp³-hybridized carbons (Fsp3) is 0.619. The second-order valence-electron chi connectivity index (χ2n) is 8.49. The molecule has 1 saturated heterocycles. The van der Waals surface area contributed by atoms with Crippen LogP contribution in [-0.2, 0) is 21.3 Å². The number of ether oxygens (including phenoxy) is 2. The van der Waals surface area contributed by atoms with Crippen LogP contribution >= 0.6 is 0 Å². The van der Waals surface area contributed by atoms with Gasteiger partial charge in [-0.05, 0) is 45.4 Å². The second-order valence-corrected chi connectivity index (χ2v) is 10.7. The zero-order chi connectivity index (χ0) is 24.3. The molecule has 1 amide bonds. The number of likely N-dealkylation sites (tertiary alicyclic amines) is 1. The molecule has 0 N–H and O–H groups in total. The van der Waals surface area contributed by atoms with Crippen LogP contribution in [0.15, 0.2) is 24.3 Å². The molecule has 0 aliphatic carbocycles. The number of carbonyl (C=O) groups is 1. The fourth-order valence-electron chi connectivity index (χ4n) is 3.48. The highest BCUT2D eigenvalue weighted by Crippen LogP contribution is 2.41. The van der Waals surface area contributed by atoms with Crippen LogP contribution in [0.4, 0.5) is 13.6 Å². The number of benzene rings is 1. The van der Waals surface area contributed by atoms with Crippen molar-refractivity contribution in [2.45, 2.75) is 64.3 Å². The molecule has 0 aromatic heterocycles. The van der Waals surface area contributed by atoms with E-state index in [1.54, 1.807) is 51.1 Å². The van der Waals surface area contributed by atoms with Crippen LogP contribution in [0.3, 0.4) is 0 Å². The highest BCUT2D eigenvalue weighted by atomic mass is 32.2. The molecule has 8 nitrogen and oxygen atoms in total. The lowest BCUT2D eigenvalue weighted by Gasteiger charge is -2.32. The molecule has 32 heavy (non-hydrogen) atoms. The number of sulfonamides is 1. The van der Waals surface area contributed by atoms with E-state index < -0.39 is 58.4 Å². The van der Waals surface area contributed by atoms with E-state index in [-0.39, 0.29) is 6.54 Å². The Morgan fingerprint density at radius 1 is 1.31 bits per heavy atom. The Labute approximate surface area is 187 Å². The number of nitrogens with zero attached hydrogens (tertiary/aromatic N) is 3. The van der Waals surface area contributed by atoms with Gasteiger partial charge in [-0.3, -0.25) is 4.90 Å². The highest BCUT2D eigenvalue weighted by molar-refractivity contribution is 7.89. The fourth-order valence-corrected chi connectivity index (χ4v) is 4.75. The van der Waals surface area contributed by atoms with Gasteiger partial charge in [-0.15, -0.1) is 0 Å². The van der Waals surface area contributed by atoms with Crippen LogP contribution in [0.1, 0.15) is 39.7 Å². The van der Waals surface area contributed by atoms with Gasteiger partial charge in [0, 0.05) is 13.1 Å². The van der Waals surface area contributed by atoms with Crippen LogP contribution in [0.25, 0.3) is 0 Å². The van der Waals surface area contributed by atoms with Gasteiger partial charge in [0.1, 0.15) is 23.4 Å². The molecule has 0 spiro atoms. The molecule has 0 saturated carbocycles. The van der Waals surface area contributed by atoms with Gasteiger partial charge in [0.15, 0.2) is 0 Å². The minimum absolute atomic E-state index is 0.318. The van der Waals surface area contributed by atoms with Crippen LogP contribution in [0, 0.1) is 11.3 Å². The maximum absolute atomic E-state index is 15.5. The number of amides is 1. The van der Waals surface area contributed by atoms with Crippen LogP contribution in [0.5, 0.6) is 5.75 Å². The molecule has 1 aliphatic rings. The third-order valence-electron chi connectivity index (χ3n) is 5.11. The monoisotopic (exact) mass is 473 g/mol. The van der Waals surface area contributed by atoms with Crippen molar-refractivity contribution in [2.75, 3.05) is 19.4 Å². The maximum atomic E-state index is 15.5. The molecular formula is C21H29F2N3O5S. The van der Waals surface area contributed by atoms with Gasteiger partial charge < -0.3 is 9.47 Å². The van der Waals surface area contributed by atoms with E-state index >= 15 is 8.78 Å². The maximum Gasteiger partial charge on any atom is 0.410 e. The SMILES string of the molecule is CCS(=O)(=O)N(Cc1ccc(OC)cc1)[C@@H]1CN(C(=O)OC(C)(C)C)[C@H](CC#N)C1(F)F. The molecule has 11 heteroatoms. The van der Waals surface area contributed by atoms with Crippen molar-refractivity contribution in [3.05, 3.63) is 29.8 Å². The molecular weight excluding hydrogens is 444 g/mol. The van der Waals surface area contributed by atoms with Gasteiger partial charge in [0.2, 0.25) is 10.0 Å². The van der Waals surface area contributed by atoms with Crippen LogP contribution < -0.4 is 4.74 Å². The number of hydrogen-bond donors (Lipinski definition) is 0. The third kappa shape index (κ3) is 5.66. The molecule has 1 aromatic rings. The molecule has 1 aromatic carbocycles. The predicted molar refractivity (Wildman–Crippen MR) is 114 cm³/mol. The lowest BCUT2D eigenvalue weighted by Crippen LogP contribution is -2.52. The smallest absolute Gasteiger partial charge is 0.410 e. The zero-order valence-electron chi connectivity index (χ0n) is 18.8. The van der Waals surface area contributed by atoms with Gasteiger partial charge in [-0.25, -0.2) is 22.0 Å². The summed E-state index contributed by atoms with van der Waals surface area (Å²) in [4.78, 5) is 13.4. The minimum Gasteiger partial charge on any atom is -0.497 e. The summed E-state index contributed by atoms with van der Waals surface area (Å²) >= 11 is 0.